The van der Waals surface area contributed by atoms with Gasteiger partial charge in [0.2, 0.25) is 0 Å². The van der Waals surface area contributed by atoms with Crippen molar-refractivity contribution in [2.45, 2.75) is 96.9 Å². The average Bonchev–Trinajstić information content (AvgIpc) is 3.57. The third kappa shape index (κ3) is 6.05. The Balaban J connectivity index is 1.43. The number of hydrogen-bond acceptors (Lipinski definition) is 5. The molecule has 4 aliphatic rings. The highest BCUT2D eigenvalue weighted by Crippen LogP contribution is 2.59. The van der Waals surface area contributed by atoms with Gasteiger partial charge in [-0.15, -0.1) is 0 Å². The van der Waals surface area contributed by atoms with E-state index in [2.05, 4.69) is 38.7 Å². The Morgan fingerprint density at radius 2 is 1.95 bits per heavy atom. The van der Waals surface area contributed by atoms with Crippen LogP contribution in [-0.4, -0.2) is 46.2 Å². The number of hydrogen-bond donors (Lipinski definition) is 3. The number of carbonyl (C=O) groups is 1. The molecule has 37 heavy (non-hydrogen) atoms. The van der Waals surface area contributed by atoms with E-state index in [1.807, 2.05) is 12.2 Å². The highest BCUT2D eigenvalue weighted by atomic mass is 16.5. The van der Waals surface area contributed by atoms with E-state index in [0.717, 1.165) is 30.4 Å². The number of rotatable bonds is 8. The quantitative estimate of drug-likeness (QED) is 0.225. The van der Waals surface area contributed by atoms with E-state index in [1.54, 1.807) is 6.92 Å². The molecular formula is C32H46O5. The number of fused-ring (bicyclic) bond motifs is 1. The van der Waals surface area contributed by atoms with Gasteiger partial charge in [-0.1, -0.05) is 56.4 Å². The van der Waals surface area contributed by atoms with Crippen molar-refractivity contribution in [1.29, 1.82) is 0 Å². The van der Waals surface area contributed by atoms with Gasteiger partial charge in [-0.3, -0.25) is 0 Å². The van der Waals surface area contributed by atoms with Crippen LogP contribution in [0.1, 0.15) is 78.6 Å². The van der Waals surface area contributed by atoms with Crippen molar-refractivity contribution in [3.05, 3.63) is 59.8 Å². The van der Waals surface area contributed by atoms with Crippen LogP contribution in [0.15, 0.2) is 59.8 Å². The fourth-order valence-electron chi connectivity index (χ4n) is 7.34. The summed E-state index contributed by atoms with van der Waals surface area (Å²) in [5.74, 6) is 1.10. The first-order chi connectivity index (χ1) is 17.6. The van der Waals surface area contributed by atoms with Crippen LogP contribution in [0.25, 0.3) is 0 Å². The van der Waals surface area contributed by atoms with Gasteiger partial charge in [0.25, 0.3) is 0 Å². The molecule has 5 nitrogen and oxygen atoms in total. The SMILES string of the molecule is C=C1/C(=C\C=C2/CCC[C@]3(C)[C@@H]([C@H](C)/C=C/[C@@H](O)C4(/C=C\C(=O)OCC)CC4)CC[C@@H]23)C[C@@H](O)C[C@@H]1O. The molecule has 7 atom stereocenters. The lowest BCUT2D eigenvalue weighted by atomic mass is 9.61. The van der Waals surface area contributed by atoms with E-state index in [9.17, 15) is 20.1 Å². The smallest absolute Gasteiger partial charge is 0.330 e. The van der Waals surface area contributed by atoms with Crippen LogP contribution in [0.5, 0.6) is 0 Å². The van der Waals surface area contributed by atoms with Gasteiger partial charge in [-0.05, 0) is 92.6 Å². The van der Waals surface area contributed by atoms with Gasteiger partial charge in [0, 0.05) is 17.9 Å². The van der Waals surface area contributed by atoms with Crippen molar-refractivity contribution in [2.24, 2.45) is 28.6 Å². The zero-order valence-electron chi connectivity index (χ0n) is 22.9. The summed E-state index contributed by atoms with van der Waals surface area (Å²) in [7, 11) is 0. The third-order valence-electron chi connectivity index (χ3n) is 9.79. The summed E-state index contributed by atoms with van der Waals surface area (Å²) in [6.07, 6.45) is 18.6. The Bertz CT molecular complexity index is 983. The van der Waals surface area contributed by atoms with E-state index >= 15 is 0 Å². The first-order valence-electron chi connectivity index (χ1n) is 14.3. The molecule has 0 amide bonds. The molecule has 0 aromatic rings. The summed E-state index contributed by atoms with van der Waals surface area (Å²) in [5, 5.41) is 31.2. The Labute approximate surface area is 222 Å². The molecule has 0 heterocycles. The van der Waals surface area contributed by atoms with Gasteiger partial charge in [0.15, 0.2) is 0 Å². The van der Waals surface area contributed by atoms with Crippen LogP contribution in [0.4, 0.5) is 0 Å². The van der Waals surface area contributed by atoms with E-state index < -0.39 is 18.3 Å². The maximum absolute atomic E-state index is 11.7. The van der Waals surface area contributed by atoms with Gasteiger partial charge in [-0.2, -0.15) is 0 Å². The second-order valence-corrected chi connectivity index (χ2v) is 12.2. The lowest BCUT2D eigenvalue weighted by Gasteiger charge is -2.44. The Hall–Kier alpha value is -1.95. The Kier molecular flexibility index (Phi) is 8.67. The van der Waals surface area contributed by atoms with Crippen molar-refractivity contribution < 1.29 is 24.9 Å². The molecule has 204 valence electrons. The monoisotopic (exact) mass is 510 g/mol. The summed E-state index contributed by atoms with van der Waals surface area (Å²) in [5.41, 5.74) is 3.10. The van der Waals surface area contributed by atoms with Crippen molar-refractivity contribution in [2.75, 3.05) is 6.61 Å². The Morgan fingerprint density at radius 1 is 1.19 bits per heavy atom. The molecule has 0 unspecified atom stereocenters. The van der Waals surface area contributed by atoms with Crippen molar-refractivity contribution in [1.82, 2.24) is 0 Å². The number of esters is 1. The van der Waals surface area contributed by atoms with Crippen LogP contribution in [0.3, 0.4) is 0 Å². The van der Waals surface area contributed by atoms with Crippen LogP contribution in [-0.2, 0) is 9.53 Å². The molecule has 4 rings (SSSR count). The van der Waals surface area contributed by atoms with Crippen LogP contribution < -0.4 is 0 Å². The average molecular weight is 511 g/mol. The molecule has 0 aromatic carbocycles. The fourth-order valence-corrected chi connectivity index (χ4v) is 7.34. The van der Waals surface area contributed by atoms with Crippen molar-refractivity contribution in [3.8, 4) is 0 Å². The number of carbonyl (C=O) groups excluding carboxylic acids is 1. The normalized spacial score (nSPS) is 37.3. The predicted molar refractivity (Wildman–Crippen MR) is 146 cm³/mol. The molecule has 4 saturated carbocycles. The maximum Gasteiger partial charge on any atom is 0.330 e. The van der Waals surface area contributed by atoms with Gasteiger partial charge in [0.1, 0.15) is 0 Å². The summed E-state index contributed by atoms with van der Waals surface area (Å²) in [6, 6.07) is 0. The van der Waals surface area contributed by atoms with Crippen molar-refractivity contribution in [3.63, 3.8) is 0 Å². The second-order valence-electron chi connectivity index (χ2n) is 12.2. The molecule has 4 aliphatic carbocycles. The number of aliphatic hydroxyl groups excluding tert-OH is 3. The molecule has 4 fully saturated rings. The molecule has 3 N–H and O–H groups in total. The van der Waals surface area contributed by atoms with Gasteiger partial charge in [0.05, 0.1) is 24.9 Å². The van der Waals surface area contributed by atoms with E-state index in [4.69, 9.17) is 4.74 Å². The molecule has 0 bridgehead atoms. The van der Waals surface area contributed by atoms with Crippen LogP contribution in [0, 0.1) is 28.6 Å². The largest absolute Gasteiger partial charge is 0.463 e. The highest BCUT2D eigenvalue weighted by Gasteiger charge is 2.50. The lowest BCUT2D eigenvalue weighted by molar-refractivity contribution is -0.137. The molecule has 0 aliphatic heterocycles. The van der Waals surface area contributed by atoms with E-state index in [1.165, 1.54) is 37.3 Å². The van der Waals surface area contributed by atoms with E-state index in [-0.39, 0.29) is 16.8 Å². The topological polar surface area (TPSA) is 87.0 Å². The molecular weight excluding hydrogens is 464 g/mol. The van der Waals surface area contributed by atoms with Gasteiger partial charge < -0.3 is 20.1 Å². The molecule has 0 aromatic heterocycles. The summed E-state index contributed by atoms with van der Waals surface area (Å²) in [4.78, 5) is 11.7. The van der Waals surface area contributed by atoms with Crippen molar-refractivity contribution >= 4 is 5.97 Å². The molecule has 0 radical (unpaired) electrons. The molecule has 5 heteroatoms. The summed E-state index contributed by atoms with van der Waals surface area (Å²) in [6.45, 7) is 10.9. The minimum atomic E-state index is -0.653. The Morgan fingerprint density at radius 3 is 2.65 bits per heavy atom. The zero-order chi connectivity index (χ0) is 26.8. The first kappa shape index (κ1) is 28.1. The maximum atomic E-state index is 11.7. The number of allylic oxidation sites excluding steroid dienone is 4. The third-order valence-corrected chi connectivity index (χ3v) is 9.79. The van der Waals surface area contributed by atoms with E-state index in [0.29, 0.717) is 37.2 Å². The first-order valence-corrected chi connectivity index (χ1v) is 14.3. The minimum Gasteiger partial charge on any atom is -0.463 e. The fraction of sp³-hybridized carbons (Fsp3) is 0.656. The summed E-state index contributed by atoms with van der Waals surface area (Å²) < 4.78 is 4.99. The predicted octanol–water partition coefficient (Wildman–Crippen LogP) is 5.58. The zero-order valence-corrected chi connectivity index (χ0v) is 22.9. The highest BCUT2D eigenvalue weighted by molar-refractivity contribution is 5.82. The molecule has 0 saturated heterocycles. The van der Waals surface area contributed by atoms with Crippen LogP contribution >= 0.6 is 0 Å². The molecule has 0 spiro atoms. The standard InChI is InChI=1S/C32H46O5/c1-5-37-30(36)14-16-32(17-18-32)29(35)13-8-21(2)26-11-12-27-23(7-6-15-31(26,27)4)9-10-24-19-25(33)20-28(34)22(24)3/h8-10,13-14,16,21,25-29,33-35H,3,5-7,11-12,15,17-20H2,1-2,4H3/b13-8+,16-14-,23-9+,24-10-/t21-,25-,26-,27+,28+,29-,31-/m1/s1. The minimum absolute atomic E-state index is 0.223. The second kappa shape index (κ2) is 11.4. The van der Waals surface area contributed by atoms with Gasteiger partial charge >= 0.3 is 5.97 Å². The summed E-state index contributed by atoms with van der Waals surface area (Å²) >= 11 is 0. The van der Waals surface area contributed by atoms with Crippen LogP contribution in [0.2, 0.25) is 0 Å². The number of aliphatic hydroxyl groups is 3. The number of ether oxygens (including phenoxy) is 1. The lowest BCUT2D eigenvalue weighted by Crippen LogP contribution is -2.35. The van der Waals surface area contributed by atoms with Gasteiger partial charge in [-0.25, -0.2) is 4.79 Å².